The summed E-state index contributed by atoms with van der Waals surface area (Å²) >= 11 is 9.00. The maximum absolute atomic E-state index is 11.2. The molecule has 0 radical (unpaired) electrons. The van der Waals surface area contributed by atoms with Crippen LogP contribution < -0.4 is 10.6 Å². The van der Waals surface area contributed by atoms with E-state index in [1.807, 2.05) is 19.9 Å². The van der Waals surface area contributed by atoms with E-state index in [4.69, 9.17) is 11.6 Å². The number of benzene rings is 1. The maximum atomic E-state index is 11.2. The van der Waals surface area contributed by atoms with Gasteiger partial charge in [-0.25, -0.2) is 0 Å². The van der Waals surface area contributed by atoms with Crippen LogP contribution in [-0.4, -0.2) is 28.9 Å². The van der Waals surface area contributed by atoms with Crippen molar-refractivity contribution in [2.75, 3.05) is 18.1 Å². The fourth-order valence-electron chi connectivity index (χ4n) is 1.70. The van der Waals surface area contributed by atoms with Gasteiger partial charge in [0.1, 0.15) is 0 Å². The Hall–Kier alpha value is -1.31. The Morgan fingerprint density at radius 2 is 2.14 bits per heavy atom. The molecule has 0 unspecified atom stereocenters. The van der Waals surface area contributed by atoms with E-state index in [0.29, 0.717) is 15.9 Å². The zero-order chi connectivity index (χ0) is 15.4. The number of anilines is 2. The second kappa shape index (κ2) is 7.11. The molecule has 0 bridgehead atoms. The van der Waals surface area contributed by atoms with E-state index in [9.17, 15) is 4.79 Å². The molecule has 0 aliphatic carbocycles. The first-order valence-electron chi connectivity index (χ1n) is 6.20. The molecule has 0 aliphatic heterocycles. The molecule has 0 saturated carbocycles. The van der Waals surface area contributed by atoms with Crippen LogP contribution in [0.25, 0.3) is 0 Å². The van der Waals surface area contributed by atoms with Gasteiger partial charge in [-0.2, -0.15) is 0 Å². The number of halogens is 1. The molecule has 2 rings (SSSR count). The number of nitrogens with one attached hydrogen (secondary N) is 2. The molecule has 1 heterocycles. The van der Waals surface area contributed by atoms with Crippen molar-refractivity contribution < 1.29 is 4.79 Å². The van der Waals surface area contributed by atoms with E-state index < -0.39 is 0 Å². The lowest BCUT2D eigenvalue weighted by Crippen LogP contribution is -2.19. The minimum Gasteiger partial charge on any atom is -0.358 e. The number of aromatic nitrogens is 2. The fourth-order valence-corrected chi connectivity index (χ4v) is 3.70. The number of hydrogen-bond donors (Lipinski definition) is 2. The third-order valence-electron chi connectivity index (χ3n) is 2.68. The highest BCUT2D eigenvalue weighted by atomic mass is 35.5. The summed E-state index contributed by atoms with van der Waals surface area (Å²) in [6.07, 6.45) is 0. The number of hydrogen-bond acceptors (Lipinski definition) is 6. The molecule has 0 fully saturated rings. The normalized spacial score (nSPS) is 10.5. The summed E-state index contributed by atoms with van der Waals surface area (Å²) < 4.78 is 0.738. The lowest BCUT2D eigenvalue weighted by atomic mass is 10.1. The average molecular weight is 343 g/mol. The monoisotopic (exact) mass is 342 g/mol. The van der Waals surface area contributed by atoms with Crippen molar-refractivity contribution in [1.82, 2.24) is 15.5 Å². The molecular formula is C13H15ClN4OS2. The molecule has 21 heavy (non-hydrogen) atoms. The Kier molecular flexibility index (Phi) is 5.44. The Balaban J connectivity index is 2.08. The van der Waals surface area contributed by atoms with Crippen molar-refractivity contribution in [2.24, 2.45) is 0 Å². The van der Waals surface area contributed by atoms with Crippen LogP contribution in [0.2, 0.25) is 5.02 Å². The van der Waals surface area contributed by atoms with E-state index >= 15 is 0 Å². The Bertz CT molecular complexity index is 636. The molecular weight excluding hydrogens is 328 g/mol. The Labute approximate surface area is 136 Å². The van der Waals surface area contributed by atoms with E-state index in [1.165, 1.54) is 23.1 Å². The smallest absolute Gasteiger partial charge is 0.230 e. The van der Waals surface area contributed by atoms with Crippen LogP contribution in [0, 0.1) is 13.8 Å². The molecule has 2 N–H and O–H groups in total. The molecule has 112 valence electrons. The summed E-state index contributed by atoms with van der Waals surface area (Å²) in [5.74, 6) is 0.289. The number of aryl methyl sites for hydroxylation is 2. The molecule has 1 aromatic heterocycles. The number of nitrogens with zero attached hydrogens (tertiary/aromatic N) is 2. The van der Waals surface area contributed by atoms with Crippen molar-refractivity contribution >= 4 is 51.4 Å². The second-order valence-electron chi connectivity index (χ2n) is 4.40. The van der Waals surface area contributed by atoms with E-state index in [2.05, 4.69) is 26.9 Å². The van der Waals surface area contributed by atoms with Crippen LogP contribution >= 0.6 is 34.7 Å². The first-order chi connectivity index (χ1) is 9.99. The molecule has 2 aromatic rings. The van der Waals surface area contributed by atoms with Gasteiger partial charge in [-0.05, 0) is 31.0 Å². The van der Waals surface area contributed by atoms with Crippen molar-refractivity contribution in [3.05, 3.63) is 28.3 Å². The highest BCUT2D eigenvalue weighted by Gasteiger charge is 2.10. The summed E-state index contributed by atoms with van der Waals surface area (Å²) in [4.78, 5) is 11.2. The number of thioether (sulfide) groups is 1. The predicted molar refractivity (Wildman–Crippen MR) is 88.9 cm³/mol. The number of carbonyl (C=O) groups excluding carboxylic acids is 1. The van der Waals surface area contributed by atoms with Gasteiger partial charge in [0.2, 0.25) is 11.0 Å². The van der Waals surface area contributed by atoms with E-state index in [1.54, 1.807) is 7.05 Å². The lowest BCUT2D eigenvalue weighted by Gasteiger charge is -2.09. The van der Waals surface area contributed by atoms with Crippen LogP contribution in [0.1, 0.15) is 11.1 Å². The third-order valence-corrected chi connectivity index (χ3v) is 4.95. The van der Waals surface area contributed by atoms with Gasteiger partial charge < -0.3 is 10.6 Å². The number of carbonyl (C=O) groups is 1. The van der Waals surface area contributed by atoms with Gasteiger partial charge in [-0.15, -0.1) is 10.2 Å². The summed E-state index contributed by atoms with van der Waals surface area (Å²) in [7, 11) is 1.61. The zero-order valence-corrected chi connectivity index (χ0v) is 14.2. The number of amides is 1. The summed E-state index contributed by atoms with van der Waals surface area (Å²) in [5.41, 5.74) is 3.00. The molecule has 5 nitrogen and oxygen atoms in total. The summed E-state index contributed by atoms with van der Waals surface area (Å²) in [5, 5.41) is 15.2. The SMILES string of the molecule is CNC(=O)CSc1nnc(Nc2c(C)cc(C)cc2Cl)s1. The van der Waals surface area contributed by atoms with Gasteiger partial charge in [0.25, 0.3) is 0 Å². The van der Waals surface area contributed by atoms with Crippen molar-refractivity contribution in [3.63, 3.8) is 0 Å². The largest absolute Gasteiger partial charge is 0.358 e. The topological polar surface area (TPSA) is 66.9 Å². The molecule has 1 aromatic carbocycles. The Morgan fingerprint density at radius 3 is 2.81 bits per heavy atom. The highest BCUT2D eigenvalue weighted by Crippen LogP contribution is 2.33. The van der Waals surface area contributed by atoms with Crippen molar-refractivity contribution in [2.45, 2.75) is 18.2 Å². The van der Waals surface area contributed by atoms with Crippen LogP contribution in [-0.2, 0) is 4.79 Å². The standard InChI is InChI=1S/C13H15ClN4OS2/c1-7-4-8(2)11(9(14)5-7)16-12-17-18-13(21-12)20-6-10(19)15-3/h4-5H,6H2,1-3H3,(H,15,19)(H,16,17). The molecule has 1 amide bonds. The first kappa shape index (κ1) is 16.1. The van der Waals surface area contributed by atoms with Gasteiger partial charge in [-0.3, -0.25) is 4.79 Å². The molecule has 0 aliphatic rings. The average Bonchev–Trinajstić information content (AvgIpc) is 2.88. The summed E-state index contributed by atoms with van der Waals surface area (Å²) in [6.45, 7) is 3.99. The molecule has 0 atom stereocenters. The highest BCUT2D eigenvalue weighted by molar-refractivity contribution is 8.01. The van der Waals surface area contributed by atoms with Crippen LogP contribution in [0.15, 0.2) is 16.5 Å². The van der Waals surface area contributed by atoms with E-state index in [0.717, 1.165) is 21.2 Å². The van der Waals surface area contributed by atoms with Gasteiger partial charge >= 0.3 is 0 Å². The second-order valence-corrected chi connectivity index (χ2v) is 7.01. The predicted octanol–water partition coefficient (Wildman–Crippen LogP) is 3.39. The quantitative estimate of drug-likeness (QED) is 0.815. The van der Waals surface area contributed by atoms with Crippen molar-refractivity contribution in [1.29, 1.82) is 0 Å². The van der Waals surface area contributed by atoms with Gasteiger partial charge in [-0.1, -0.05) is 40.8 Å². The lowest BCUT2D eigenvalue weighted by molar-refractivity contribution is -0.118. The molecule has 8 heteroatoms. The first-order valence-corrected chi connectivity index (χ1v) is 8.38. The fraction of sp³-hybridized carbons (Fsp3) is 0.308. The van der Waals surface area contributed by atoms with Crippen LogP contribution in [0.5, 0.6) is 0 Å². The van der Waals surface area contributed by atoms with Gasteiger partial charge in [0.15, 0.2) is 4.34 Å². The maximum Gasteiger partial charge on any atom is 0.230 e. The van der Waals surface area contributed by atoms with Crippen LogP contribution in [0.4, 0.5) is 10.8 Å². The van der Waals surface area contributed by atoms with Crippen LogP contribution in [0.3, 0.4) is 0 Å². The summed E-state index contributed by atoms with van der Waals surface area (Å²) in [6, 6.07) is 3.95. The molecule has 0 spiro atoms. The van der Waals surface area contributed by atoms with E-state index in [-0.39, 0.29) is 5.91 Å². The number of rotatable bonds is 5. The molecule has 0 saturated heterocycles. The third kappa shape index (κ3) is 4.33. The minimum atomic E-state index is -0.0397. The van der Waals surface area contributed by atoms with Gasteiger partial charge in [0, 0.05) is 7.05 Å². The van der Waals surface area contributed by atoms with Crippen molar-refractivity contribution in [3.8, 4) is 0 Å². The minimum absolute atomic E-state index is 0.0397. The van der Waals surface area contributed by atoms with Gasteiger partial charge in [0.05, 0.1) is 16.5 Å². The zero-order valence-electron chi connectivity index (χ0n) is 11.9. The Morgan fingerprint density at radius 1 is 1.38 bits per heavy atom.